The number of benzene rings is 1. The Labute approximate surface area is 143 Å². The summed E-state index contributed by atoms with van der Waals surface area (Å²) in [4.78, 5) is 4.48. The average Bonchev–Trinajstić information content (AvgIpc) is 3.25. The third-order valence-electron chi connectivity index (χ3n) is 3.43. The lowest BCUT2D eigenvalue weighted by atomic mass is 10.2. The lowest BCUT2D eigenvalue weighted by Gasteiger charge is -2.11. The molecule has 0 bridgehead atoms. The standard InChI is InChI=1S/C16H24FN3.HI/c1-2-18-16(19-10-4-6-13-8-9-13)20-12-14-5-3-7-15(17)11-14;/h3,5,7,11,13H,2,4,6,8-10,12H2,1H3,(H2,18,19,20);1H. The fraction of sp³-hybridized carbons (Fsp3) is 0.562. The summed E-state index contributed by atoms with van der Waals surface area (Å²) < 4.78 is 13.1. The molecule has 5 heteroatoms. The molecule has 1 aromatic rings. The van der Waals surface area contributed by atoms with Crippen molar-refractivity contribution in [1.29, 1.82) is 0 Å². The maximum absolute atomic E-state index is 13.1. The molecule has 0 unspecified atom stereocenters. The third kappa shape index (κ3) is 7.64. The summed E-state index contributed by atoms with van der Waals surface area (Å²) in [6, 6.07) is 6.59. The van der Waals surface area contributed by atoms with Crippen LogP contribution in [0.15, 0.2) is 29.3 Å². The monoisotopic (exact) mass is 405 g/mol. The van der Waals surface area contributed by atoms with Crippen molar-refractivity contribution < 1.29 is 4.39 Å². The Morgan fingerprint density at radius 2 is 2.14 bits per heavy atom. The van der Waals surface area contributed by atoms with Crippen molar-refractivity contribution in [2.75, 3.05) is 13.1 Å². The van der Waals surface area contributed by atoms with Crippen molar-refractivity contribution in [1.82, 2.24) is 10.6 Å². The number of aliphatic imine (C=N–C) groups is 1. The van der Waals surface area contributed by atoms with Crippen LogP contribution in [-0.2, 0) is 6.54 Å². The van der Waals surface area contributed by atoms with Gasteiger partial charge in [-0.3, -0.25) is 0 Å². The van der Waals surface area contributed by atoms with Gasteiger partial charge in [-0.2, -0.15) is 0 Å². The molecule has 1 fully saturated rings. The van der Waals surface area contributed by atoms with Crippen LogP contribution >= 0.6 is 24.0 Å². The zero-order chi connectivity index (χ0) is 14.2. The van der Waals surface area contributed by atoms with Gasteiger partial charge in [0, 0.05) is 13.1 Å². The molecule has 0 radical (unpaired) electrons. The van der Waals surface area contributed by atoms with Crippen LogP contribution in [0.3, 0.4) is 0 Å². The Morgan fingerprint density at radius 1 is 1.33 bits per heavy atom. The largest absolute Gasteiger partial charge is 0.357 e. The van der Waals surface area contributed by atoms with Crippen molar-refractivity contribution in [2.45, 2.75) is 39.2 Å². The third-order valence-corrected chi connectivity index (χ3v) is 3.43. The minimum Gasteiger partial charge on any atom is -0.357 e. The first-order valence-electron chi connectivity index (χ1n) is 7.54. The van der Waals surface area contributed by atoms with Crippen LogP contribution in [-0.4, -0.2) is 19.0 Å². The molecule has 0 aliphatic heterocycles. The summed E-state index contributed by atoms with van der Waals surface area (Å²) in [6.07, 6.45) is 5.33. The number of halogens is 2. The van der Waals surface area contributed by atoms with E-state index in [9.17, 15) is 4.39 Å². The Morgan fingerprint density at radius 3 is 2.81 bits per heavy atom. The van der Waals surface area contributed by atoms with E-state index in [0.29, 0.717) is 6.54 Å². The first-order chi connectivity index (χ1) is 9.78. The second-order valence-electron chi connectivity index (χ2n) is 5.34. The van der Waals surface area contributed by atoms with Crippen LogP contribution < -0.4 is 10.6 Å². The van der Waals surface area contributed by atoms with Gasteiger partial charge in [-0.15, -0.1) is 24.0 Å². The van der Waals surface area contributed by atoms with Gasteiger partial charge in [0.2, 0.25) is 0 Å². The molecule has 2 N–H and O–H groups in total. The van der Waals surface area contributed by atoms with Crippen molar-refractivity contribution in [3.63, 3.8) is 0 Å². The van der Waals surface area contributed by atoms with Gasteiger partial charge in [0.1, 0.15) is 5.82 Å². The Hall–Kier alpha value is -0.850. The maximum atomic E-state index is 13.1. The average molecular weight is 405 g/mol. The highest BCUT2D eigenvalue weighted by atomic mass is 127. The molecular weight excluding hydrogens is 380 g/mol. The molecule has 0 heterocycles. The number of guanidine groups is 1. The van der Waals surface area contributed by atoms with E-state index in [4.69, 9.17) is 0 Å². The van der Waals surface area contributed by atoms with Crippen molar-refractivity contribution in [3.8, 4) is 0 Å². The molecule has 1 aliphatic carbocycles. The molecule has 0 saturated heterocycles. The zero-order valence-corrected chi connectivity index (χ0v) is 14.9. The van der Waals surface area contributed by atoms with E-state index in [-0.39, 0.29) is 29.8 Å². The molecule has 0 aromatic heterocycles. The summed E-state index contributed by atoms with van der Waals surface area (Å²) in [5.74, 6) is 1.58. The first kappa shape index (κ1) is 18.2. The molecule has 1 aliphatic rings. The van der Waals surface area contributed by atoms with Crippen LogP contribution in [0, 0.1) is 11.7 Å². The van der Waals surface area contributed by atoms with Crippen LogP contribution in [0.4, 0.5) is 4.39 Å². The van der Waals surface area contributed by atoms with Crippen molar-refractivity contribution >= 4 is 29.9 Å². The molecular formula is C16H25FIN3. The number of nitrogens with zero attached hydrogens (tertiary/aromatic N) is 1. The van der Waals surface area contributed by atoms with Crippen LogP contribution in [0.5, 0.6) is 0 Å². The Balaban J connectivity index is 0.00000220. The second kappa shape index (κ2) is 9.97. The summed E-state index contributed by atoms with van der Waals surface area (Å²) in [7, 11) is 0. The predicted molar refractivity (Wildman–Crippen MR) is 96.6 cm³/mol. The Bertz CT molecular complexity index is 447. The van der Waals surface area contributed by atoms with E-state index in [0.717, 1.165) is 30.5 Å². The lowest BCUT2D eigenvalue weighted by molar-refractivity contribution is 0.625. The number of hydrogen-bond acceptors (Lipinski definition) is 1. The predicted octanol–water partition coefficient (Wildman–Crippen LogP) is 3.69. The second-order valence-corrected chi connectivity index (χ2v) is 5.34. The van der Waals surface area contributed by atoms with E-state index in [1.807, 2.05) is 13.0 Å². The van der Waals surface area contributed by atoms with Gasteiger partial charge in [0.25, 0.3) is 0 Å². The first-order valence-corrected chi connectivity index (χ1v) is 7.54. The molecule has 1 saturated carbocycles. The number of hydrogen-bond donors (Lipinski definition) is 2. The van der Waals surface area contributed by atoms with E-state index in [1.165, 1.54) is 37.8 Å². The Kier molecular flexibility index (Phi) is 8.64. The molecule has 0 atom stereocenters. The minimum absolute atomic E-state index is 0. The van der Waals surface area contributed by atoms with E-state index >= 15 is 0 Å². The molecule has 1 aromatic carbocycles. The lowest BCUT2D eigenvalue weighted by Crippen LogP contribution is -2.37. The summed E-state index contributed by atoms with van der Waals surface area (Å²) in [5, 5.41) is 6.55. The summed E-state index contributed by atoms with van der Waals surface area (Å²) in [6.45, 7) is 4.32. The van der Waals surface area contributed by atoms with E-state index in [2.05, 4.69) is 15.6 Å². The van der Waals surface area contributed by atoms with E-state index in [1.54, 1.807) is 6.07 Å². The van der Waals surface area contributed by atoms with Crippen LogP contribution in [0.25, 0.3) is 0 Å². The summed E-state index contributed by atoms with van der Waals surface area (Å²) in [5.41, 5.74) is 0.889. The highest BCUT2D eigenvalue weighted by Gasteiger charge is 2.19. The van der Waals surface area contributed by atoms with Gasteiger partial charge in [-0.1, -0.05) is 25.0 Å². The smallest absolute Gasteiger partial charge is 0.191 e. The molecule has 2 rings (SSSR count). The van der Waals surface area contributed by atoms with Gasteiger partial charge in [-0.25, -0.2) is 9.38 Å². The number of nitrogens with one attached hydrogen (secondary N) is 2. The fourth-order valence-corrected chi connectivity index (χ4v) is 2.15. The number of rotatable bonds is 7. The molecule has 21 heavy (non-hydrogen) atoms. The van der Waals surface area contributed by atoms with Gasteiger partial charge in [-0.05, 0) is 43.4 Å². The van der Waals surface area contributed by atoms with Gasteiger partial charge < -0.3 is 10.6 Å². The van der Waals surface area contributed by atoms with Gasteiger partial charge in [0.15, 0.2) is 5.96 Å². The van der Waals surface area contributed by atoms with Crippen LogP contribution in [0.1, 0.15) is 38.2 Å². The highest BCUT2D eigenvalue weighted by Crippen LogP contribution is 2.33. The molecule has 0 amide bonds. The molecule has 3 nitrogen and oxygen atoms in total. The van der Waals surface area contributed by atoms with Gasteiger partial charge >= 0.3 is 0 Å². The highest BCUT2D eigenvalue weighted by molar-refractivity contribution is 14.0. The maximum Gasteiger partial charge on any atom is 0.191 e. The van der Waals surface area contributed by atoms with Crippen molar-refractivity contribution in [3.05, 3.63) is 35.6 Å². The van der Waals surface area contributed by atoms with Gasteiger partial charge in [0.05, 0.1) is 6.54 Å². The molecule has 118 valence electrons. The molecule has 0 spiro atoms. The fourth-order valence-electron chi connectivity index (χ4n) is 2.15. The quantitative estimate of drug-likeness (QED) is 0.314. The normalized spacial score (nSPS) is 14.5. The van der Waals surface area contributed by atoms with Crippen molar-refractivity contribution in [2.24, 2.45) is 10.9 Å². The topological polar surface area (TPSA) is 36.4 Å². The minimum atomic E-state index is -0.208. The van der Waals surface area contributed by atoms with Crippen LogP contribution in [0.2, 0.25) is 0 Å². The SMILES string of the molecule is CCNC(=NCc1cccc(F)c1)NCCCC1CC1.I. The zero-order valence-electron chi connectivity index (χ0n) is 12.6. The summed E-state index contributed by atoms with van der Waals surface area (Å²) >= 11 is 0. The van der Waals surface area contributed by atoms with E-state index < -0.39 is 0 Å².